The van der Waals surface area contributed by atoms with Gasteiger partial charge < -0.3 is 19.6 Å². The first kappa shape index (κ1) is 17.2. The van der Waals surface area contributed by atoms with E-state index in [1.807, 2.05) is 29.3 Å². The fourth-order valence-corrected chi connectivity index (χ4v) is 3.32. The Balaban J connectivity index is 1.53. The second-order valence-electron chi connectivity index (χ2n) is 7.06. The van der Waals surface area contributed by atoms with Gasteiger partial charge in [-0.05, 0) is 18.6 Å². The van der Waals surface area contributed by atoms with Crippen LogP contribution in [0.4, 0.5) is 11.8 Å². The molecule has 1 N–H and O–H groups in total. The first-order valence-electron chi connectivity index (χ1n) is 9.20. The van der Waals surface area contributed by atoms with Gasteiger partial charge in [0.05, 0.1) is 18.4 Å². The summed E-state index contributed by atoms with van der Waals surface area (Å²) in [5.41, 5.74) is 2.11. The van der Waals surface area contributed by atoms with Crippen LogP contribution in [0.15, 0.2) is 30.5 Å². The standard InChI is InChI=1S/C19H25N5O2/c1-23(8-5-15-4-2-3-7-20-15)18-10-17(14-6-9-26-13-14)21-19(22-18)24-11-16(25)12-24/h2-4,7,10,14,16,25H,5-6,8-9,11-13H2,1H3/t14-/m0/s1. The largest absolute Gasteiger partial charge is 0.389 e. The van der Waals surface area contributed by atoms with Gasteiger partial charge in [-0.25, -0.2) is 4.98 Å². The fraction of sp³-hybridized carbons (Fsp3) is 0.526. The van der Waals surface area contributed by atoms with Crippen LogP contribution < -0.4 is 9.80 Å². The molecule has 1 atom stereocenters. The average molecular weight is 355 g/mol. The van der Waals surface area contributed by atoms with E-state index < -0.39 is 0 Å². The van der Waals surface area contributed by atoms with Gasteiger partial charge in [0, 0.05) is 63.6 Å². The van der Waals surface area contributed by atoms with E-state index >= 15 is 0 Å². The minimum absolute atomic E-state index is 0.276. The van der Waals surface area contributed by atoms with Crippen LogP contribution in [-0.2, 0) is 11.2 Å². The fourth-order valence-electron chi connectivity index (χ4n) is 3.32. The highest BCUT2D eigenvalue weighted by atomic mass is 16.5. The molecule has 26 heavy (non-hydrogen) atoms. The number of nitrogens with zero attached hydrogens (tertiary/aromatic N) is 5. The van der Waals surface area contributed by atoms with Gasteiger partial charge >= 0.3 is 0 Å². The Kier molecular flexibility index (Phi) is 4.99. The first-order chi connectivity index (χ1) is 12.7. The summed E-state index contributed by atoms with van der Waals surface area (Å²) in [6, 6.07) is 8.07. The van der Waals surface area contributed by atoms with Gasteiger partial charge in [-0.15, -0.1) is 0 Å². The monoisotopic (exact) mass is 355 g/mol. The van der Waals surface area contributed by atoms with Crippen LogP contribution in [0.3, 0.4) is 0 Å². The summed E-state index contributed by atoms with van der Waals surface area (Å²) < 4.78 is 5.54. The quantitative estimate of drug-likeness (QED) is 0.835. The van der Waals surface area contributed by atoms with Crippen LogP contribution >= 0.6 is 0 Å². The molecule has 4 heterocycles. The molecule has 0 aliphatic carbocycles. The maximum Gasteiger partial charge on any atom is 0.227 e. The molecule has 0 spiro atoms. The lowest BCUT2D eigenvalue weighted by molar-refractivity contribution is 0.140. The van der Waals surface area contributed by atoms with Gasteiger partial charge in [-0.1, -0.05) is 6.07 Å². The van der Waals surface area contributed by atoms with Crippen molar-refractivity contribution in [2.24, 2.45) is 0 Å². The molecular formula is C19H25N5O2. The van der Waals surface area contributed by atoms with Gasteiger partial charge in [0.1, 0.15) is 5.82 Å². The number of aliphatic hydroxyl groups excluding tert-OH is 1. The third kappa shape index (κ3) is 3.78. The van der Waals surface area contributed by atoms with Crippen LogP contribution in [0.1, 0.15) is 23.7 Å². The SMILES string of the molecule is CN(CCc1ccccn1)c1cc([C@H]2CCOC2)nc(N2CC(O)C2)n1. The van der Waals surface area contributed by atoms with E-state index in [9.17, 15) is 5.11 Å². The zero-order valence-electron chi connectivity index (χ0n) is 15.1. The van der Waals surface area contributed by atoms with Gasteiger partial charge in [-0.2, -0.15) is 4.98 Å². The van der Waals surface area contributed by atoms with Crippen molar-refractivity contribution in [1.29, 1.82) is 0 Å². The van der Waals surface area contributed by atoms with Crippen molar-refractivity contribution in [1.82, 2.24) is 15.0 Å². The number of anilines is 2. The Bertz CT molecular complexity index is 730. The molecular weight excluding hydrogens is 330 g/mol. The molecule has 2 aromatic rings. The summed E-state index contributed by atoms with van der Waals surface area (Å²) in [4.78, 5) is 18.1. The van der Waals surface area contributed by atoms with Crippen molar-refractivity contribution in [3.05, 3.63) is 41.9 Å². The van der Waals surface area contributed by atoms with Crippen LogP contribution in [0, 0.1) is 0 Å². The Hall–Kier alpha value is -2.25. The zero-order chi connectivity index (χ0) is 17.9. The summed E-state index contributed by atoms with van der Waals surface area (Å²) in [6.07, 6.45) is 3.41. The van der Waals surface area contributed by atoms with Gasteiger partial charge in [0.25, 0.3) is 0 Å². The molecule has 2 aromatic heterocycles. The molecule has 0 amide bonds. The maximum absolute atomic E-state index is 9.61. The normalized spacial score (nSPS) is 20.2. The molecule has 7 nitrogen and oxygen atoms in total. The molecule has 4 rings (SSSR count). The predicted octanol–water partition coefficient (Wildman–Crippen LogP) is 1.24. The van der Waals surface area contributed by atoms with Crippen LogP contribution in [-0.4, -0.2) is 66.1 Å². The summed E-state index contributed by atoms with van der Waals surface area (Å²) in [7, 11) is 2.05. The molecule has 138 valence electrons. The topological polar surface area (TPSA) is 74.6 Å². The van der Waals surface area contributed by atoms with E-state index in [4.69, 9.17) is 14.7 Å². The third-order valence-electron chi connectivity index (χ3n) is 5.03. The number of β-amino-alcohol motifs (C(OH)–C–C–N with tert-alkyl or cyclic N) is 1. The number of pyridine rings is 1. The second-order valence-corrected chi connectivity index (χ2v) is 7.06. The number of rotatable bonds is 6. The molecule has 0 unspecified atom stereocenters. The molecule has 0 bridgehead atoms. The molecule has 0 saturated carbocycles. The highest BCUT2D eigenvalue weighted by Gasteiger charge is 2.29. The number of hydrogen-bond donors (Lipinski definition) is 1. The summed E-state index contributed by atoms with van der Waals surface area (Å²) in [5.74, 6) is 1.94. The molecule has 2 saturated heterocycles. The van der Waals surface area contributed by atoms with Crippen molar-refractivity contribution in [3.8, 4) is 0 Å². The van der Waals surface area contributed by atoms with Crippen molar-refractivity contribution in [2.75, 3.05) is 49.7 Å². The number of hydrogen-bond acceptors (Lipinski definition) is 7. The molecule has 0 aromatic carbocycles. The highest BCUT2D eigenvalue weighted by Crippen LogP contribution is 2.29. The van der Waals surface area contributed by atoms with Gasteiger partial charge in [0.2, 0.25) is 5.95 Å². The third-order valence-corrected chi connectivity index (χ3v) is 5.03. The lowest BCUT2D eigenvalue weighted by Gasteiger charge is -2.36. The van der Waals surface area contributed by atoms with E-state index in [1.165, 1.54) is 0 Å². The van der Waals surface area contributed by atoms with Crippen LogP contribution in [0.2, 0.25) is 0 Å². The smallest absolute Gasteiger partial charge is 0.227 e. The lowest BCUT2D eigenvalue weighted by atomic mass is 10.0. The van der Waals surface area contributed by atoms with Crippen LogP contribution in [0.25, 0.3) is 0 Å². The van der Waals surface area contributed by atoms with Crippen molar-refractivity contribution >= 4 is 11.8 Å². The molecule has 7 heteroatoms. The summed E-state index contributed by atoms with van der Waals surface area (Å²) >= 11 is 0. The van der Waals surface area contributed by atoms with Crippen molar-refractivity contribution in [2.45, 2.75) is 24.9 Å². The summed E-state index contributed by atoms with van der Waals surface area (Å²) in [6.45, 7) is 3.54. The highest BCUT2D eigenvalue weighted by molar-refractivity contribution is 5.48. The van der Waals surface area contributed by atoms with Crippen molar-refractivity contribution < 1.29 is 9.84 Å². The number of likely N-dealkylation sites (N-methyl/N-ethyl adjacent to an activating group) is 1. The number of aromatic nitrogens is 3. The number of ether oxygens (including phenoxy) is 1. The lowest BCUT2D eigenvalue weighted by Crippen LogP contribution is -2.51. The Morgan fingerprint density at radius 1 is 1.31 bits per heavy atom. The minimum Gasteiger partial charge on any atom is -0.389 e. The van der Waals surface area contributed by atoms with Crippen molar-refractivity contribution in [3.63, 3.8) is 0 Å². The second kappa shape index (κ2) is 7.55. The zero-order valence-corrected chi connectivity index (χ0v) is 15.1. The number of aliphatic hydroxyl groups is 1. The maximum atomic E-state index is 9.61. The minimum atomic E-state index is -0.276. The average Bonchev–Trinajstić information content (AvgIpc) is 3.19. The van der Waals surface area contributed by atoms with E-state index in [-0.39, 0.29) is 6.10 Å². The predicted molar refractivity (Wildman–Crippen MR) is 99.6 cm³/mol. The van der Waals surface area contributed by atoms with Gasteiger partial charge in [-0.3, -0.25) is 4.98 Å². The molecule has 2 aliphatic rings. The van der Waals surface area contributed by atoms with E-state index in [1.54, 1.807) is 0 Å². The Morgan fingerprint density at radius 2 is 2.19 bits per heavy atom. The Labute approximate surface area is 153 Å². The van der Waals surface area contributed by atoms with Gasteiger partial charge in [0.15, 0.2) is 0 Å². The summed E-state index contributed by atoms with van der Waals surface area (Å²) in [5, 5.41) is 9.61. The van der Waals surface area contributed by atoms with Crippen LogP contribution in [0.5, 0.6) is 0 Å². The Morgan fingerprint density at radius 3 is 2.88 bits per heavy atom. The first-order valence-corrected chi connectivity index (χ1v) is 9.20. The molecule has 2 aliphatic heterocycles. The van der Waals surface area contributed by atoms with E-state index in [0.29, 0.717) is 25.0 Å². The van der Waals surface area contributed by atoms with E-state index in [2.05, 4.69) is 23.0 Å². The molecule has 0 radical (unpaired) electrons. The molecule has 2 fully saturated rings. The van der Waals surface area contributed by atoms with E-state index in [0.717, 1.165) is 49.8 Å².